The molecule has 1 aromatic heterocycles. The highest BCUT2D eigenvalue weighted by Crippen LogP contribution is 2.27. The summed E-state index contributed by atoms with van der Waals surface area (Å²) >= 11 is 0. The third-order valence-corrected chi connectivity index (χ3v) is 3.17. The van der Waals surface area contributed by atoms with Gasteiger partial charge in [-0.25, -0.2) is 4.98 Å². The van der Waals surface area contributed by atoms with Crippen LogP contribution in [0.15, 0.2) is 42.6 Å². The lowest BCUT2D eigenvalue weighted by molar-refractivity contribution is 0.398. The van der Waals surface area contributed by atoms with E-state index in [1.165, 1.54) is 5.56 Å². The Morgan fingerprint density at radius 1 is 1.15 bits per heavy atom. The number of ether oxygens (including phenoxy) is 1. The van der Waals surface area contributed by atoms with Crippen LogP contribution in [0.2, 0.25) is 0 Å². The van der Waals surface area contributed by atoms with Crippen molar-refractivity contribution < 1.29 is 4.74 Å². The van der Waals surface area contributed by atoms with Crippen LogP contribution in [0, 0.1) is 6.92 Å². The summed E-state index contributed by atoms with van der Waals surface area (Å²) in [4.78, 5) is 6.39. The van der Waals surface area contributed by atoms with Gasteiger partial charge in [0, 0.05) is 30.2 Å². The zero-order valence-corrected chi connectivity index (χ0v) is 12.0. The number of rotatable bonds is 6. The maximum atomic E-state index is 5.65. The summed E-state index contributed by atoms with van der Waals surface area (Å²) in [7, 11) is 1.63. The molecule has 0 unspecified atom stereocenters. The maximum absolute atomic E-state index is 5.65. The van der Waals surface area contributed by atoms with E-state index in [0.717, 1.165) is 24.3 Å². The number of hydrogen-bond donors (Lipinski definition) is 1. The standard InChI is InChI=1S/C16H21N3O/c1-13-4-6-14(7-5-13)19(11-3-9-17)15-8-10-18-16(12-15)20-2/h4-8,10,12H,3,9,11,17H2,1-2H3. The Bertz CT molecular complexity index is 540. The molecule has 0 bridgehead atoms. The van der Waals surface area contributed by atoms with Gasteiger partial charge in [-0.2, -0.15) is 0 Å². The van der Waals surface area contributed by atoms with Crippen LogP contribution in [0.3, 0.4) is 0 Å². The van der Waals surface area contributed by atoms with E-state index >= 15 is 0 Å². The van der Waals surface area contributed by atoms with Crippen molar-refractivity contribution >= 4 is 11.4 Å². The highest BCUT2D eigenvalue weighted by Gasteiger charge is 2.10. The summed E-state index contributed by atoms with van der Waals surface area (Å²) in [6, 6.07) is 12.4. The number of nitrogens with zero attached hydrogens (tertiary/aromatic N) is 2. The SMILES string of the molecule is COc1cc(N(CCCN)c2ccc(C)cc2)ccn1. The molecule has 4 heteroatoms. The van der Waals surface area contributed by atoms with Crippen LogP contribution in [-0.2, 0) is 0 Å². The van der Waals surface area contributed by atoms with E-state index in [9.17, 15) is 0 Å². The van der Waals surface area contributed by atoms with Crippen LogP contribution < -0.4 is 15.4 Å². The number of hydrogen-bond acceptors (Lipinski definition) is 4. The van der Waals surface area contributed by atoms with Crippen molar-refractivity contribution in [3.63, 3.8) is 0 Å². The molecule has 0 fully saturated rings. The van der Waals surface area contributed by atoms with Gasteiger partial charge in [0.15, 0.2) is 0 Å². The monoisotopic (exact) mass is 271 g/mol. The average Bonchev–Trinajstić information content (AvgIpc) is 2.49. The number of nitrogens with two attached hydrogens (primary N) is 1. The van der Waals surface area contributed by atoms with Crippen molar-refractivity contribution in [2.45, 2.75) is 13.3 Å². The van der Waals surface area contributed by atoms with Gasteiger partial charge in [0.05, 0.1) is 7.11 Å². The summed E-state index contributed by atoms with van der Waals surface area (Å²) in [6.45, 7) is 3.63. The molecular formula is C16H21N3O. The third-order valence-electron chi connectivity index (χ3n) is 3.17. The first-order chi connectivity index (χ1) is 9.74. The molecule has 0 atom stereocenters. The van der Waals surface area contributed by atoms with E-state index in [1.54, 1.807) is 13.3 Å². The fraction of sp³-hybridized carbons (Fsp3) is 0.312. The van der Waals surface area contributed by atoms with E-state index in [-0.39, 0.29) is 0 Å². The first kappa shape index (κ1) is 14.3. The van der Waals surface area contributed by atoms with Gasteiger partial charge in [0.25, 0.3) is 0 Å². The van der Waals surface area contributed by atoms with E-state index in [2.05, 4.69) is 41.1 Å². The lowest BCUT2D eigenvalue weighted by Gasteiger charge is -2.25. The molecule has 2 rings (SSSR count). The minimum atomic E-state index is 0.618. The van der Waals surface area contributed by atoms with Gasteiger partial charge in [0.1, 0.15) is 0 Å². The van der Waals surface area contributed by atoms with Gasteiger partial charge in [-0.3, -0.25) is 0 Å². The molecule has 0 saturated carbocycles. The molecule has 106 valence electrons. The summed E-state index contributed by atoms with van der Waals surface area (Å²) < 4.78 is 5.20. The topological polar surface area (TPSA) is 51.4 Å². The molecule has 0 radical (unpaired) electrons. The zero-order valence-electron chi connectivity index (χ0n) is 12.0. The Hall–Kier alpha value is -2.07. The van der Waals surface area contributed by atoms with Gasteiger partial charge in [0.2, 0.25) is 5.88 Å². The largest absolute Gasteiger partial charge is 0.481 e. The second-order valence-corrected chi connectivity index (χ2v) is 4.69. The highest BCUT2D eigenvalue weighted by molar-refractivity contribution is 5.64. The Kier molecular flexibility index (Phi) is 4.96. The van der Waals surface area contributed by atoms with Crippen molar-refractivity contribution in [2.75, 3.05) is 25.1 Å². The molecule has 2 N–H and O–H groups in total. The molecule has 0 aliphatic rings. The molecule has 0 aliphatic heterocycles. The first-order valence-electron chi connectivity index (χ1n) is 6.79. The third kappa shape index (κ3) is 3.48. The van der Waals surface area contributed by atoms with Gasteiger partial charge in [-0.15, -0.1) is 0 Å². The molecule has 0 saturated heterocycles. The van der Waals surface area contributed by atoms with Crippen molar-refractivity contribution in [3.05, 3.63) is 48.2 Å². The van der Waals surface area contributed by atoms with Crippen LogP contribution in [-0.4, -0.2) is 25.2 Å². The molecule has 0 spiro atoms. The number of methoxy groups -OCH3 is 1. The van der Waals surface area contributed by atoms with Crippen LogP contribution in [0.4, 0.5) is 11.4 Å². The molecule has 20 heavy (non-hydrogen) atoms. The Labute approximate surface area is 120 Å². The lowest BCUT2D eigenvalue weighted by atomic mass is 10.2. The van der Waals surface area contributed by atoms with Crippen molar-refractivity contribution in [1.29, 1.82) is 0 Å². The molecule has 4 nitrogen and oxygen atoms in total. The minimum absolute atomic E-state index is 0.618. The van der Waals surface area contributed by atoms with Crippen molar-refractivity contribution in [2.24, 2.45) is 5.73 Å². The molecule has 1 aromatic carbocycles. The average molecular weight is 271 g/mol. The first-order valence-corrected chi connectivity index (χ1v) is 6.79. The number of aromatic nitrogens is 1. The Balaban J connectivity index is 2.32. The predicted octanol–water partition coefficient (Wildman–Crippen LogP) is 2.89. The number of benzene rings is 1. The second kappa shape index (κ2) is 6.91. The van der Waals surface area contributed by atoms with Crippen LogP contribution in [0.25, 0.3) is 0 Å². The van der Waals surface area contributed by atoms with Crippen LogP contribution >= 0.6 is 0 Å². The minimum Gasteiger partial charge on any atom is -0.481 e. The van der Waals surface area contributed by atoms with Crippen LogP contribution in [0.5, 0.6) is 5.88 Å². The molecular weight excluding hydrogens is 250 g/mol. The molecule has 2 aromatic rings. The molecule has 1 heterocycles. The normalized spacial score (nSPS) is 10.3. The summed E-state index contributed by atoms with van der Waals surface area (Å²) in [6.07, 6.45) is 2.69. The maximum Gasteiger partial charge on any atom is 0.214 e. The summed E-state index contributed by atoms with van der Waals surface area (Å²) in [5.74, 6) is 0.618. The van der Waals surface area contributed by atoms with Crippen LogP contribution in [0.1, 0.15) is 12.0 Å². The van der Waals surface area contributed by atoms with Crippen molar-refractivity contribution in [1.82, 2.24) is 4.98 Å². The van der Waals surface area contributed by atoms with Gasteiger partial charge < -0.3 is 15.4 Å². The quantitative estimate of drug-likeness (QED) is 0.877. The van der Waals surface area contributed by atoms with Crippen molar-refractivity contribution in [3.8, 4) is 5.88 Å². The zero-order chi connectivity index (χ0) is 14.4. The molecule has 0 aliphatic carbocycles. The summed E-state index contributed by atoms with van der Waals surface area (Å²) in [5.41, 5.74) is 9.11. The lowest BCUT2D eigenvalue weighted by Crippen LogP contribution is -2.21. The van der Waals surface area contributed by atoms with Gasteiger partial charge >= 0.3 is 0 Å². The Morgan fingerprint density at radius 3 is 2.55 bits per heavy atom. The predicted molar refractivity (Wildman–Crippen MR) is 82.6 cm³/mol. The fourth-order valence-corrected chi connectivity index (χ4v) is 2.06. The Morgan fingerprint density at radius 2 is 1.90 bits per heavy atom. The second-order valence-electron chi connectivity index (χ2n) is 4.69. The number of aryl methyl sites for hydroxylation is 1. The van der Waals surface area contributed by atoms with E-state index in [1.807, 2.05) is 12.1 Å². The van der Waals surface area contributed by atoms with E-state index in [0.29, 0.717) is 12.4 Å². The van der Waals surface area contributed by atoms with E-state index < -0.39 is 0 Å². The fourth-order valence-electron chi connectivity index (χ4n) is 2.06. The summed E-state index contributed by atoms with van der Waals surface area (Å²) in [5, 5.41) is 0. The number of pyridine rings is 1. The van der Waals surface area contributed by atoms with Gasteiger partial charge in [-0.1, -0.05) is 17.7 Å². The highest BCUT2D eigenvalue weighted by atomic mass is 16.5. The molecule has 0 amide bonds. The smallest absolute Gasteiger partial charge is 0.214 e. The number of anilines is 2. The van der Waals surface area contributed by atoms with Gasteiger partial charge in [-0.05, 0) is 38.1 Å². The van der Waals surface area contributed by atoms with E-state index in [4.69, 9.17) is 10.5 Å².